The van der Waals surface area contributed by atoms with E-state index in [0.29, 0.717) is 12.3 Å². The molecule has 1 atom stereocenters. The minimum Gasteiger partial charge on any atom is -0.443 e. The fourth-order valence-corrected chi connectivity index (χ4v) is 2.28. The van der Waals surface area contributed by atoms with Gasteiger partial charge in [0.05, 0.1) is 1.37 Å². The second-order valence-corrected chi connectivity index (χ2v) is 6.53. The molecule has 0 aromatic rings. The van der Waals surface area contributed by atoms with E-state index in [1.807, 2.05) is 13.8 Å². The van der Waals surface area contributed by atoms with Crippen LogP contribution in [-0.4, -0.2) is 28.4 Å². The van der Waals surface area contributed by atoms with Crippen LogP contribution in [0.4, 0.5) is 4.79 Å². The van der Waals surface area contributed by atoms with Crippen molar-refractivity contribution < 1.29 is 15.7 Å². The van der Waals surface area contributed by atoms with Crippen LogP contribution in [0.1, 0.15) is 48.8 Å². The number of nitrogens with zero attached hydrogens (tertiary/aromatic N) is 1. The number of amides is 1. The second kappa shape index (κ2) is 5.95. The Morgan fingerprint density at radius 1 is 1.63 bits per heavy atom. The molecule has 0 aromatic heterocycles. The molecule has 0 radical (unpaired) electrons. The number of halogens is 1. The summed E-state index contributed by atoms with van der Waals surface area (Å²) in [5.74, 6) is -0.0325. The lowest BCUT2D eigenvalue weighted by atomic mass is 9.96. The van der Waals surface area contributed by atoms with Gasteiger partial charge >= 0.3 is 6.09 Å². The number of hydrogen-bond donors (Lipinski definition) is 0. The average Bonchev–Trinajstić information content (AvgIpc) is 2.22. The van der Waals surface area contributed by atoms with Crippen LogP contribution in [0.2, 0.25) is 0 Å². The Labute approximate surface area is 121 Å². The number of allylic oxidation sites excluding steroid dienone is 1. The van der Waals surface area contributed by atoms with Crippen molar-refractivity contribution in [3.05, 3.63) is 11.2 Å². The summed E-state index contributed by atoms with van der Waals surface area (Å²) in [5, 5.41) is -0.138. The number of hydrogen-bond acceptors (Lipinski definition) is 3. The topological polar surface area (TPSA) is 46.6 Å². The maximum Gasteiger partial charge on any atom is 0.415 e. The molecule has 0 aromatic carbocycles. The zero-order chi connectivity index (χ0) is 15.7. The van der Waals surface area contributed by atoms with Crippen molar-refractivity contribution >= 4 is 23.5 Å². The predicted octanol–water partition coefficient (Wildman–Crippen LogP) is 3.69. The Kier molecular flexibility index (Phi) is 4.50. The normalized spacial score (nSPS) is 21.8. The van der Waals surface area contributed by atoms with E-state index in [2.05, 4.69) is 0 Å². The largest absolute Gasteiger partial charge is 0.443 e. The molecule has 0 aliphatic carbocycles. The lowest BCUT2D eigenvalue weighted by Gasteiger charge is -2.35. The molecule has 1 heterocycles. The molecule has 19 heavy (non-hydrogen) atoms. The van der Waals surface area contributed by atoms with Crippen molar-refractivity contribution in [3.63, 3.8) is 0 Å². The molecule has 0 fully saturated rings. The molecule has 0 N–H and O–H groups in total. The summed E-state index contributed by atoms with van der Waals surface area (Å²) in [7, 11) is 0. The van der Waals surface area contributed by atoms with Gasteiger partial charge in [-0.2, -0.15) is 0 Å². The highest BCUT2D eigenvalue weighted by atomic mass is 35.5. The lowest BCUT2D eigenvalue weighted by Crippen LogP contribution is -2.45. The second-order valence-electron chi connectivity index (χ2n) is 6.18. The number of ketones is 1. The Hall–Kier alpha value is -1.03. The van der Waals surface area contributed by atoms with Gasteiger partial charge < -0.3 is 4.74 Å². The van der Waals surface area contributed by atoms with Crippen molar-refractivity contribution in [2.75, 3.05) is 0 Å². The van der Waals surface area contributed by atoms with Crippen molar-refractivity contribution in [3.8, 4) is 0 Å². The van der Waals surface area contributed by atoms with Crippen LogP contribution in [0.3, 0.4) is 0 Å². The summed E-state index contributed by atoms with van der Waals surface area (Å²) >= 11 is 6.03. The fraction of sp³-hybridized carbons (Fsp3) is 0.714. The van der Waals surface area contributed by atoms with E-state index in [1.54, 1.807) is 20.8 Å². The summed E-state index contributed by atoms with van der Waals surface area (Å²) in [6.45, 7) is 9.29. The molecule has 0 saturated carbocycles. The zero-order valence-corrected chi connectivity index (χ0v) is 12.9. The summed E-state index contributed by atoms with van der Waals surface area (Å²) in [4.78, 5) is 25.2. The Morgan fingerprint density at radius 3 is 2.68 bits per heavy atom. The fourth-order valence-electron chi connectivity index (χ4n) is 1.97. The molecular weight excluding hydrogens is 266 g/mol. The van der Waals surface area contributed by atoms with Gasteiger partial charge in [-0.25, -0.2) is 4.79 Å². The molecule has 0 spiro atoms. The SMILES string of the molecule is [2H]C1=C(Cl)N(C(=O)OC(C)(C)C)C(CC(C)C)CC1=O. The van der Waals surface area contributed by atoms with Gasteiger partial charge in [-0.05, 0) is 33.1 Å². The van der Waals surface area contributed by atoms with Crippen LogP contribution >= 0.6 is 11.6 Å². The first-order chi connectivity index (χ1) is 9.03. The van der Waals surface area contributed by atoms with Gasteiger partial charge in [0, 0.05) is 18.5 Å². The van der Waals surface area contributed by atoms with Gasteiger partial charge in [0.25, 0.3) is 0 Å². The van der Waals surface area contributed by atoms with Gasteiger partial charge in [0.15, 0.2) is 5.78 Å². The standard InChI is InChI=1S/C14H22ClNO3/c1-9(2)6-10-7-11(17)8-12(15)16(10)13(18)19-14(3,4)5/h8-10H,6-7H2,1-5H3/i8D. The van der Waals surface area contributed by atoms with Crippen LogP contribution in [0, 0.1) is 5.92 Å². The molecule has 0 bridgehead atoms. The van der Waals surface area contributed by atoms with E-state index in [0.717, 1.165) is 0 Å². The zero-order valence-electron chi connectivity index (χ0n) is 13.1. The highest BCUT2D eigenvalue weighted by Crippen LogP contribution is 2.28. The third-order valence-corrected chi connectivity index (χ3v) is 2.85. The molecule has 5 heteroatoms. The lowest BCUT2D eigenvalue weighted by molar-refractivity contribution is -0.116. The van der Waals surface area contributed by atoms with E-state index in [4.69, 9.17) is 17.7 Å². The first kappa shape index (κ1) is 14.4. The molecule has 0 saturated heterocycles. The van der Waals surface area contributed by atoms with E-state index in [9.17, 15) is 9.59 Å². The molecule has 1 aliphatic heterocycles. The third kappa shape index (κ3) is 4.86. The molecule has 1 amide bonds. The number of ether oxygens (including phenoxy) is 1. The summed E-state index contributed by atoms with van der Waals surface area (Å²) < 4.78 is 13.0. The molecular formula is C14H22ClNO3. The summed E-state index contributed by atoms with van der Waals surface area (Å²) in [6, 6.07) is -0.670. The van der Waals surface area contributed by atoms with Gasteiger partial charge in [-0.1, -0.05) is 25.4 Å². The van der Waals surface area contributed by atoms with Crippen LogP contribution < -0.4 is 0 Å². The maximum absolute atomic E-state index is 12.3. The third-order valence-electron chi connectivity index (χ3n) is 2.57. The first-order valence-electron chi connectivity index (χ1n) is 6.94. The maximum atomic E-state index is 12.3. The average molecular weight is 289 g/mol. The van der Waals surface area contributed by atoms with E-state index in [-0.39, 0.29) is 29.5 Å². The highest BCUT2D eigenvalue weighted by molar-refractivity contribution is 6.32. The first-order valence-corrected chi connectivity index (χ1v) is 6.82. The van der Waals surface area contributed by atoms with Gasteiger partial charge in [0.2, 0.25) is 0 Å². The Morgan fingerprint density at radius 2 is 2.21 bits per heavy atom. The van der Waals surface area contributed by atoms with Crippen LogP contribution in [-0.2, 0) is 9.53 Å². The predicted molar refractivity (Wildman–Crippen MR) is 74.9 cm³/mol. The van der Waals surface area contributed by atoms with Crippen molar-refractivity contribution in [1.29, 1.82) is 0 Å². The van der Waals surface area contributed by atoms with Crippen LogP contribution in [0.15, 0.2) is 11.2 Å². The smallest absolute Gasteiger partial charge is 0.415 e. The Balaban J connectivity index is 3.07. The molecule has 1 aliphatic rings. The van der Waals surface area contributed by atoms with Crippen LogP contribution in [0.5, 0.6) is 0 Å². The molecule has 1 rings (SSSR count). The van der Waals surface area contributed by atoms with E-state index < -0.39 is 11.7 Å². The van der Waals surface area contributed by atoms with Crippen LogP contribution in [0.25, 0.3) is 0 Å². The molecule has 1 unspecified atom stereocenters. The monoisotopic (exact) mass is 288 g/mol. The summed E-state index contributed by atoms with van der Waals surface area (Å²) in [5.41, 5.74) is -0.653. The van der Waals surface area contributed by atoms with Gasteiger partial charge in [-0.15, -0.1) is 0 Å². The quantitative estimate of drug-likeness (QED) is 0.728. The summed E-state index contributed by atoms with van der Waals surface area (Å²) in [6.07, 6.45) is 0.145. The van der Waals surface area contributed by atoms with Gasteiger partial charge in [-0.3, -0.25) is 9.69 Å². The highest BCUT2D eigenvalue weighted by Gasteiger charge is 2.35. The number of carbonyl (C=O) groups is 2. The van der Waals surface area contributed by atoms with Crippen molar-refractivity contribution in [2.45, 2.75) is 59.1 Å². The number of carbonyl (C=O) groups excluding carboxylic acids is 2. The van der Waals surface area contributed by atoms with E-state index >= 15 is 0 Å². The Bertz CT molecular complexity index is 440. The number of rotatable bonds is 2. The minimum absolute atomic E-state index is 0.118. The molecule has 108 valence electrons. The van der Waals surface area contributed by atoms with Crippen molar-refractivity contribution in [1.82, 2.24) is 4.90 Å². The van der Waals surface area contributed by atoms with Gasteiger partial charge in [0.1, 0.15) is 10.8 Å². The minimum atomic E-state index is -0.653. The van der Waals surface area contributed by atoms with E-state index in [1.165, 1.54) is 4.90 Å². The molecule has 4 nitrogen and oxygen atoms in total. The van der Waals surface area contributed by atoms with Crippen molar-refractivity contribution in [2.24, 2.45) is 5.92 Å².